The number of nitrogens with one attached hydrogen (secondary N) is 2. The highest BCUT2D eigenvalue weighted by atomic mass is 32.3. The number of nitrogens with two attached hydrogens (primary N) is 1. The zero-order chi connectivity index (χ0) is 70.4. The topological polar surface area (TPSA) is 530 Å². The van der Waals surface area contributed by atoms with Gasteiger partial charge in [0.1, 0.15) is 6.54 Å². The predicted octanol–water partition coefficient (Wildman–Crippen LogP) is 1.03. The van der Waals surface area contributed by atoms with Gasteiger partial charge in [-0.2, -0.15) is 55.1 Å². The maximum atomic E-state index is 14.1. The summed E-state index contributed by atoms with van der Waals surface area (Å²) in [5.41, 5.74) is 0.268. The van der Waals surface area contributed by atoms with Gasteiger partial charge in [0.2, 0.25) is 21.1 Å². The van der Waals surface area contributed by atoms with E-state index >= 15 is 0 Å². The van der Waals surface area contributed by atoms with Crippen LogP contribution in [0.1, 0.15) is 94.9 Å². The first-order chi connectivity index (χ1) is 43.1. The molecule has 0 fully saturated rings. The van der Waals surface area contributed by atoms with Gasteiger partial charge in [-0.25, -0.2) is 13.6 Å². The Kier molecular flexibility index (Phi) is 24.0. The molecule has 6 rings (SSSR count). The lowest BCUT2D eigenvalue weighted by molar-refractivity contribution is -0.437. The number of hydrogen-bond donors (Lipinski definition) is 9. The van der Waals surface area contributed by atoms with E-state index in [0.29, 0.717) is 45.2 Å². The molecular weight excluding hydrogens is 1410 g/mol. The number of primary sulfonamides is 1. The molecule has 4 aromatic rings. The molecule has 0 atom stereocenters. The van der Waals surface area contributed by atoms with Crippen molar-refractivity contribution in [2.75, 3.05) is 90.5 Å². The average molecular weight is 1470 g/mol. The molecule has 0 saturated carbocycles. The first-order valence-electron chi connectivity index (χ1n) is 27.6. The Morgan fingerprint density at radius 1 is 0.638 bits per heavy atom. The first-order valence-corrected chi connectivity index (χ1v) is 39.7. The number of hydrogen-bond acceptors (Lipinski definition) is 23. The third kappa shape index (κ3) is 21.8. The number of aromatic nitrogens is 3. The van der Waals surface area contributed by atoms with E-state index in [9.17, 15) is 105 Å². The van der Waals surface area contributed by atoms with Gasteiger partial charge < -0.3 is 25.3 Å². The van der Waals surface area contributed by atoms with Crippen molar-refractivity contribution in [3.63, 3.8) is 0 Å². The van der Waals surface area contributed by atoms with E-state index in [1.165, 1.54) is 54.7 Å². The summed E-state index contributed by atoms with van der Waals surface area (Å²) in [6, 6.07) is 11.3. The lowest BCUT2D eigenvalue weighted by atomic mass is 9.80. The van der Waals surface area contributed by atoms with E-state index in [0.717, 1.165) is 9.80 Å². The highest BCUT2D eigenvalue weighted by molar-refractivity contribution is 7.91. The van der Waals surface area contributed by atoms with Crippen molar-refractivity contribution in [3.05, 3.63) is 118 Å². The Morgan fingerprint density at radius 2 is 1.14 bits per heavy atom. The number of anilines is 2. The molecule has 94 heavy (non-hydrogen) atoms. The van der Waals surface area contributed by atoms with Gasteiger partial charge in [-0.15, -0.1) is 10.2 Å². The second-order valence-corrected chi connectivity index (χ2v) is 34.5. The predicted molar refractivity (Wildman–Crippen MR) is 342 cm³/mol. The highest BCUT2D eigenvalue weighted by Gasteiger charge is 2.45. The normalized spacial score (nSPS) is 15.7. The van der Waals surface area contributed by atoms with Gasteiger partial charge in [0.15, 0.2) is 5.71 Å². The first kappa shape index (κ1) is 76.1. The van der Waals surface area contributed by atoms with Crippen LogP contribution in [0.3, 0.4) is 0 Å². The van der Waals surface area contributed by atoms with Crippen LogP contribution in [0.4, 0.5) is 16.5 Å². The molecule has 0 bridgehead atoms. The lowest BCUT2D eigenvalue weighted by Crippen LogP contribution is -2.38. The van der Waals surface area contributed by atoms with Crippen molar-refractivity contribution in [3.8, 4) is 0 Å². The Balaban J connectivity index is 1.48. The van der Waals surface area contributed by atoms with Crippen molar-refractivity contribution in [1.29, 1.82) is 0 Å². The summed E-state index contributed by atoms with van der Waals surface area (Å²) in [5, 5.41) is 16.8. The third-order valence-corrected chi connectivity index (χ3v) is 21.1. The second-order valence-electron chi connectivity index (χ2n) is 22.3. The summed E-state index contributed by atoms with van der Waals surface area (Å²) < 4.78 is 224. The Hall–Kier alpha value is -6.91. The fourth-order valence-electron chi connectivity index (χ4n) is 10.0. The summed E-state index contributed by atoms with van der Waals surface area (Å²) in [6.07, 6.45) is 6.89. The molecule has 4 amide bonds. The van der Waals surface area contributed by atoms with Gasteiger partial charge in [0.25, 0.3) is 88.5 Å². The molecule has 2 aromatic carbocycles. The summed E-state index contributed by atoms with van der Waals surface area (Å²) in [4.78, 5) is 62.2. The van der Waals surface area contributed by atoms with Crippen LogP contribution in [0.15, 0.2) is 89.1 Å². The molecule has 4 heterocycles. The summed E-state index contributed by atoms with van der Waals surface area (Å²) in [7, 11) is -32.0. The summed E-state index contributed by atoms with van der Waals surface area (Å²) in [6.45, 7) is 3.67. The number of benzene rings is 2. The Morgan fingerprint density at radius 3 is 1.63 bits per heavy atom. The van der Waals surface area contributed by atoms with Gasteiger partial charge in [-0.1, -0.05) is 31.3 Å². The quantitative estimate of drug-likeness (QED) is 0.0143. The van der Waals surface area contributed by atoms with E-state index in [-0.39, 0.29) is 72.0 Å². The number of rotatable bonds is 32. The van der Waals surface area contributed by atoms with Gasteiger partial charge in [-0.05, 0) is 80.4 Å². The minimum Gasteiger partial charge on any atom is -0.351 e. The molecule has 0 spiro atoms. The van der Waals surface area contributed by atoms with E-state index in [1.54, 1.807) is 61.5 Å². The number of sulfonamides is 1. The van der Waals surface area contributed by atoms with E-state index in [4.69, 9.17) is 5.14 Å². The van der Waals surface area contributed by atoms with Crippen LogP contribution in [0.5, 0.6) is 0 Å². The van der Waals surface area contributed by atoms with Crippen LogP contribution in [-0.2, 0) is 86.4 Å². The molecular formula is C52H67N10O24S8+. The van der Waals surface area contributed by atoms with Crippen molar-refractivity contribution in [2.24, 2.45) is 5.14 Å². The van der Waals surface area contributed by atoms with Crippen molar-refractivity contribution >= 4 is 133 Å². The van der Waals surface area contributed by atoms with E-state index in [1.807, 2.05) is 0 Å². The van der Waals surface area contributed by atoms with Crippen LogP contribution in [0.25, 0.3) is 5.57 Å². The highest BCUT2D eigenvalue weighted by Crippen LogP contribution is 2.49. The molecule has 516 valence electrons. The maximum absolute atomic E-state index is 14.1. The van der Waals surface area contributed by atoms with Crippen molar-refractivity contribution in [2.45, 2.75) is 62.1 Å². The molecule has 0 radical (unpaired) electrons. The molecule has 0 saturated heterocycles. The maximum Gasteiger partial charge on any atom is 0.267 e. The zero-order valence-corrected chi connectivity index (χ0v) is 56.9. The smallest absolute Gasteiger partial charge is 0.267 e. The van der Waals surface area contributed by atoms with E-state index < -0.39 is 170 Å². The van der Waals surface area contributed by atoms with Crippen LogP contribution in [-0.4, -0.2) is 225 Å². The average Bonchev–Trinajstić information content (AvgIpc) is 1.60. The van der Waals surface area contributed by atoms with Crippen molar-refractivity contribution < 1.29 is 110 Å². The number of pyridine rings is 1. The molecule has 0 aliphatic carbocycles. The third-order valence-electron chi connectivity index (χ3n) is 14.6. The van der Waals surface area contributed by atoms with Gasteiger partial charge in [-0.3, -0.25) is 51.5 Å². The fourth-order valence-corrected chi connectivity index (χ4v) is 14.2. The van der Waals surface area contributed by atoms with Crippen LogP contribution >= 0.6 is 11.3 Å². The molecule has 2 aromatic heterocycles. The Bertz CT molecular complexity index is 4520. The van der Waals surface area contributed by atoms with Crippen LogP contribution in [0, 0.1) is 0 Å². The Labute approximate surface area is 546 Å². The molecule has 2 aliphatic rings. The van der Waals surface area contributed by atoms with Gasteiger partial charge in [0, 0.05) is 110 Å². The van der Waals surface area contributed by atoms with Gasteiger partial charge >= 0.3 is 0 Å². The largest absolute Gasteiger partial charge is 0.351 e. The fraction of sp³-hybridized carbons (Fsp3) is 0.423. The minimum atomic E-state index is -4.69. The SMILES string of the molecule is CC1(C)C(/C=C/C(=C/C=C2/N(CCCS(=O)(=O)O)c3ccc(C(=O)N(CCS(=O)(=O)O)CCS(=O)(=O)O)cc3C2(C)C)c2ccc(C(=O)NCCC(=O)Nc3nnc(S(N)(=O)=O)s3)cn2)=[N+](CCCS(=O)(=O)O)c2ccc(C(=O)N(CCS(=O)(=O)O)CCS(=O)(=O)O)cc21. The molecule has 0 unspecified atom stereocenters. The molecule has 2 aliphatic heterocycles. The monoisotopic (exact) mass is 1470 g/mol. The number of nitrogens with zero attached hydrogens (tertiary/aromatic N) is 7. The number of fused-ring (bicyclic) bond motifs is 2. The molecule has 10 N–H and O–H groups in total. The molecule has 34 nitrogen and oxygen atoms in total. The second kappa shape index (κ2) is 29.6. The van der Waals surface area contributed by atoms with E-state index in [2.05, 4.69) is 25.8 Å². The lowest BCUT2D eigenvalue weighted by Gasteiger charge is -2.27. The van der Waals surface area contributed by atoms with Crippen LogP contribution < -0.4 is 20.7 Å². The summed E-state index contributed by atoms with van der Waals surface area (Å²) >= 11 is 0.498. The van der Waals surface area contributed by atoms with Gasteiger partial charge in [0.05, 0.1) is 51.2 Å². The number of allylic oxidation sites excluding steroid dienone is 6. The standard InChI is InChI=1S/C52H66N10O24S8/c1-51(2)38-31-35(47(65)59(21-27-90(73,74)75)22-28-91(76,77)78)8-13-41(38)61(19-5-25-88(67,68)69)43(51)15-10-34(40-12-7-37(33-55-40)46(64)54-18-17-45(63)56-49-57-58-50(87-49)94(53,85)86)11-16-44-52(3,4)39-32-36(9-14-42(39)62(44)20-6-26-89(70,71)72)48(66)60(23-29-92(79,80)81)24-30-93(82,83)84/h7-16,31-33H,5-6,17-30H2,1-4H3,(H9-,53,54,56,57,63,64,67,68,69,70,71,72,73,74,75,76,77,78,79,80,81,82,83,84,85,86)/p+1. The molecule has 42 heteroatoms. The van der Waals surface area contributed by atoms with Crippen LogP contribution in [0.2, 0.25) is 0 Å². The number of carbonyl (C=O) groups is 4. The summed E-state index contributed by atoms with van der Waals surface area (Å²) in [5.74, 6) is -8.62. The van der Waals surface area contributed by atoms with Crippen molar-refractivity contribution in [1.82, 2.24) is 30.3 Å². The minimum absolute atomic E-state index is 0.0170. The zero-order valence-electron chi connectivity index (χ0n) is 50.3. The number of carbonyl (C=O) groups excluding carboxylic acids is 4. The number of amides is 4.